The number of aromatic nitrogens is 3. The molecule has 13 rings (SSSR count). The third kappa shape index (κ3) is 5.78. The summed E-state index contributed by atoms with van der Waals surface area (Å²) in [4.78, 5) is 10.7. The summed E-state index contributed by atoms with van der Waals surface area (Å²) in [6, 6.07) is 74.5. The number of nitrogens with zero attached hydrogens (tertiary/aromatic N) is 3. The predicted molar refractivity (Wildman–Crippen MR) is 258 cm³/mol. The molecule has 0 aliphatic carbocycles. The Morgan fingerprint density at radius 1 is 0.302 bits per heavy atom. The van der Waals surface area contributed by atoms with Gasteiger partial charge in [-0.2, -0.15) is 0 Å². The minimum atomic E-state index is 0.657. The Morgan fingerprint density at radius 3 is 1.40 bits per heavy atom. The summed E-state index contributed by atoms with van der Waals surface area (Å²) in [5.41, 5.74) is 15.7. The molecular weight excluding hydrogens is 771 g/mol. The summed E-state index contributed by atoms with van der Waals surface area (Å²) in [5, 5.41) is 6.78. The van der Waals surface area contributed by atoms with Crippen molar-refractivity contribution in [2.24, 2.45) is 0 Å². The second-order valence-corrected chi connectivity index (χ2v) is 16.1. The summed E-state index contributed by atoms with van der Waals surface area (Å²) in [6.07, 6.45) is 0. The molecule has 4 heterocycles. The number of hydrogen-bond donors (Lipinski definition) is 0. The van der Waals surface area contributed by atoms with Gasteiger partial charge in [0.1, 0.15) is 22.3 Å². The lowest BCUT2D eigenvalue weighted by Gasteiger charge is -2.16. The van der Waals surface area contributed by atoms with Crippen molar-refractivity contribution in [3.8, 4) is 61.8 Å². The van der Waals surface area contributed by atoms with E-state index in [4.69, 9.17) is 18.8 Å². The van der Waals surface area contributed by atoms with Gasteiger partial charge in [0.05, 0.1) is 28.1 Å². The fourth-order valence-corrected chi connectivity index (χ4v) is 9.44. The van der Waals surface area contributed by atoms with Crippen LogP contribution in [-0.2, 0) is 0 Å². The van der Waals surface area contributed by atoms with E-state index in [1.54, 1.807) is 0 Å². The summed E-state index contributed by atoms with van der Waals surface area (Å²) in [5.74, 6) is 0.657. The average Bonchev–Trinajstić information content (AvgIpc) is 4.03. The van der Waals surface area contributed by atoms with Crippen LogP contribution in [-0.4, -0.2) is 14.5 Å². The highest BCUT2D eigenvalue weighted by molar-refractivity contribution is 6.10. The van der Waals surface area contributed by atoms with Gasteiger partial charge in [-0.1, -0.05) is 133 Å². The Morgan fingerprint density at radius 2 is 0.778 bits per heavy atom. The molecule has 0 spiro atoms. The van der Waals surface area contributed by atoms with Crippen LogP contribution in [0.1, 0.15) is 0 Å². The second-order valence-electron chi connectivity index (χ2n) is 16.1. The van der Waals surface area contributed by atoms with Crippen molar-refractivity contribution >= 4 is 65.7 Å². The summed E-state index contributed by atoms with van der Waals surface area (Å²) in [7, 11) is 0. The van der Waals surface area contributed by atoms with Crippen molar-refractivity contribution in [1.82, 2.24) is 14.5 Å². The molecule has 5 heteroatoms. The molecule has 4 aromatic heterocycles. The van der Waals surface area contributed by atoms with Crippen molar-refractivity contribution in [1.29, 1.82) is 0 Å². The van der Waals surface area contributed by atoms with E-state index in [2.05, 4.69) is 174 Å². The molecule has 294 valence electrons. The lowest BCUT2D eigenvalue weighted by atomic mass is 9.93. The first kappa shape index (κ1) is 35.2. The quantitative estimate of drug-likeness (QED) is 0.168. The van der Waals surface area contributed by atoms with Crippen LogP contribution in [0, 0.1) is 0 Å². The minimum absolute atomic E-state index is 0.657. The van der Waals surface area contributed by atoms with E-state index >= 15 is 0 Å². The fraction of sp³-hybridized carbons (Fsp3) is 0. The zero-order chi connectivity index (χ0) is 41.4. The molecule has 0 atom stereocenters. The predicted octanol–water partition coefficient (Wildman–Crippen LogP) is 15.7. The van der Waals surface area contributed by atoms with Crippen LogP contribution in [0.4, 0.5) is 0 Å². The molecule has 0 N–H and O–H groups in total. The molecule has 0 aliphatic heterocycles. The summed E-state index contributed by atoms with van der Waals surface area (Å²) in [6.45, 7) is 0. The molecule has 13 aromatic rings. The van der Waals surface area contributed by atoms with Gasteiger partial charge in [0, 0.05) is 49.0 Å². The first-order chi connectivity index (χ1) is 31.2. The summed E-state index contributed by atoms with van der Waals surface area (Å²) < 4.78 is 14.9. The maximum absolute atomic E-state index is 6.26. The van der Waals surface area contributed by atoms with Gasteiger partial charge in [0.25, 0.3) is 0 Å². The van der Waals surface area contributed by atoms with Crippen molar-refractivity contribution in [2.75, 3.05) is 0 Å². The molecule has 0 saturated carbocycles. The second kappa shape index (κ2) is 14.0. The van der Waals surface area contributed by atoms with Gasteiger partial charge in [-0.3, -0.25) is 0 Å². The number of benzene rings is 9. The average molecular weight is 806 g/mol. The normalized spacial score (nSPS) is 11.8. The molecular formula is C58H35N3O2. The topological polar surface area (TPSA) is 57.0 Å². The highest BCUT2D eigenvalue weighted by Gasteiger charge is 2.20. The van der Waals surface area contributed by atoms with Crippen LogP contribution >= 0.6 is 0 Å². The zero-order valence-electron chi connectivity index (χ0n) is 33.9. The highest BCUT2D eigenvalue weighted by atomic mass is 16.3. The van der Waals surface area contributed by atoms with Gasteiger partial charge >= 0.3 is 0 Å². The number of rotatable bonds is 6. The van der Waals surface area contributed by atoms with Crippen LogP contribution in [0.5, 0.6) is 0 Å². The maximum atomic E-state index is 6.26. The first-order valence-electron chi connectivity index (χ1n) is 21.2. The Bertz CT molecular complexity index is 3740. The monoisotopic (exact) mass is 805 g/mol. The molecule has 0 unspecified atom stereocenters. The van der Waals surface area contributed by atoms with Crippen LogP contribution < -0.4 is 0 Å². The van der Waals surface area contributed by atoms with Crippen LogP contribution in [0.25, 0.3) is 128 Å². The van der Waals surface area contributed by atoms with E-state index < -0.39 is 0 Å². The fourth-order valence-electron chi connectivity index (χ4n) is 9.44. The highest BCUT2D eigenvalue weighted by Crippen LogP contribution is 2.41. The third-order valence-electron chi connectivity index (χ3n) is 12.4. The Balaban J connectivity index is 1.06. The van der Waals surface area contributed by atoms with E-state index in [-0.39, 0.29) is 0 Å². The Kier molecular flexibility index (Phi) is 7.84. The Hall–Kier alpha value is -8.54. The van der Waals surface area contributed by atoms with E-state index in [1.807, 2.05) is 42.5 Å². The van der Waals surface area contributed by atoms with E-state index in [9.17, 15) is 0 Å². The summed E-state index contributed by atoms with van der Waals surface area (Å²) >= 11 is 0. The molecule has 0 radical (unpaired) electrons. The number of furan rings is 2. The zero-order valence-corrected chi connectivity index (χ0v) is 33.9. The molecule has 0 fully saturated rings. The number of hydrogen-bond acceptors (Lipinski definition) is 4. The van der Waals surface area contributed by atoms with Gasteiger partial charge in [0.15, 0.2) is 5.82 Å². The van der Waals surface area contributed by atoms with Crippen molar-refractivity contribution < 1.29 is 8.83 Å². The van der Waals surface area contributed by atoms with Crippen molar-refractivity contribution in [3.05, 3.63) is 212 Å². The molecule has 5 nitrogen and oxygen atoms in total. The Labute approximate surface area is 361 Å². The van der Waals surface area contributed by atoms with E-state index in [1.165, 1.54) is 10.8 Å². The van der Waals surface area contributed by atoms with Crippen LogP contribution in [0.2, 0.25) is 0 Å². The first-order valence-corrected chi connectivity index (χ1v) is 21.2. The van der Waals surface area contributed by atoms with Crippen molar-refractivity contribution in [2.45, 2.75) is 0 Å². The van der Waals surface area contributed by atoms with Gasteiger partial charge in [-0.05, 0) is 101 Å². The van der Waals surface area contributed by atoms with Gasteiger partial charge in [-0.15, -0.1) is 0 Å². The maximum Gasteiger partial charge on any atom is 0.160 e. The molecule has 0 bridgehead atoms. The minimum Gasteiger partial charge on any atom is -0.456 e. The standard InChI is InChI=1S/C58H35N3O2/c1-2-14-36(15-3-1)58-59-49(35-50(60-58)46-20-6-11-23-53(46)61-51-21-9-4-16-42(51)43-17-5-10-22-52(43)61)41-31-39(37-26-28-56-47(33-37)44-18-7-12-24-54(44)62-56)30-40(32-41)38-27-29-57-48(34-38)45-19-8-13-25-55(45)63-57/h1-35H. The SMILES string of the molecule is c1ccc(-c2nc(-c3cc(-c4ccc5oc6ccccc6c5c4)cc(-c4ccc5oc6ccccc6c5c4)c3)cc(-c3ccccc3-n3c4ccccc4c4ccccc43)n2)cc1. The lowest BCUT2D eigenvalue weighted by Crippen LogP contribution is -2.01. The van der Waals surface area contributed by atoms with Crippen LogP contribution in [0.3, 0.4) is 0 Å². The molecule has 63 heavy (non-hydrogen) atoms. The molecule has 0 saturated heterocycles. The third-order valence-corrected chi connectivity index (χ3v) is 12.4. The smallest absolute Gasteiger partial charge is 0.160 e. The number of fused-ring (bicyclic) bond motifs is 9. The van der Waals surface area contributed by atoms with Gasteiger partial charge in [-0.25, -0.2) is 9.97 Å². The van der Waals surface area contributed by atoms with Gasteiger partial charge in [0.2, 0.25) is 0 Å². The van der Waals surface area contributed by atoms with Gasteiger partial charge < -0.3 is 13.4 Å². The number of para-hydroxylation sites is 5. The van der Waals surface area contributed by atoms with E-state index in [0.29, 0.717) is 5.82 Å². The van der Waals surface area contributed by atoms with Crippen LogP contribution in [0.15, 0.2) is 221 Å². The van der Waals surface area contributed by atoms with Crippen molar-refractivity contribution in [3.63, 3.8) is 0 Å². The molecule has 9 aromatic carbocycles. The largest absolute Gasteiger partial charge is 0.456 e. The van der Waals surface area contributed by atoms with E-state index in [0.717, 1.165) is 111 Å². The molecule has 0 aliphatic rings. The molecule has 0 amide bonds. The lowest BCUT2D eigenvalue weighted by molar-refractivity contribution is 0.668.